The van der Waals surface area contributed by atoms with Gasteiger partial charge in [-0.05, 0) is 26.8 Å². The third-order valence-electron chi connectivity index (χ3n) is 2.66. The molecule has 1 aromatic carbocycles. The Hall–Kier alpha value is -1.71. The minimum Gasteiger partial charge on any atom is -0.504 e. The Bertz CT molecular complexity index is 410. The summed E-state index contributed by atoms with van der Waals surface area (Å²) in [5.41, 5.74) is -0.251. The number of benzene rings is 1. The van der Waals surface area contributed by atoms with E-state index in [1.165, 1.54) is 13.2 Å². The maximum Gasteiger partial charge on any atom is 0.316 e. The highest BCUT2D eigenvalue weighted by molar-refractivity contribution is 5.83. The molecule has 0 aromatic heterocycles. The maximum absolute atomic E-state index is 11.9. The molecule has 0 saturated carbocycles. The number of hydrogen-bond donors (Lipinski definition) is 1. The highest BCUT2D eigenvalue weighted by atomic mass is 16.5. The van der Waals surface area contributed by atoms with E-state index in [-0.39, 0.29) is 11.7 Å². The van der Waals surface area contributed by atoms with E-state index >= 15 is 0 Å². The minimum atomic E-state index is -0.861. The molecule has 4 heteroatoms. The normalized spacial score (nSPS) is 11.1. The van der Waals surface area contributed by atoms with Gasteiger partial charge in [-0.2, -0.15) is 0 Å². The van der Waals surface area contributed by atoms with Crippen LogP contribution < -0.4 is 4.74 Å². The Morgan fingerprint density at radius 3 is 2.59 bits per heavy atom. The van der Waals surface area contributed by atoms with Gasteiger partial charge in [-0.25, -0.2) is 0 Å². The summed E-state index contributed by atoms with van der Waals surface area (Å²) in [4.78, 5) is 11.9. The highest BCUT2D eigenvalue weighted by Crippen LogP contribution is 2.38. The zero-order valence-electron chi connectivity index (χ0n) is 10.6. The van der Waals surface area contributed by atoms with Crippen molar-refractivity contribution in [3.63, 3.8) is 0 Å². The van der Waals surface area contributed by atoms with E-state index in [1.54, 1.807) is 32.9 Å². The third kappa shape index (κ3) is 2.52. The number of phenols is 1. The number of rotatable bonds is 4. The molecule has 1 rings (SSSR count). The lowest BCUT2D eigenvalue weighted by atomic mass is 9.84. The molecular formula is C13H18O4. The van der Waals surface area contributed by atoms with Crippen LogP contribution in [0, 0.1) is 0 Å². The van der Waals surface area contributed by atoms with Crippen molar-refractivity contribution in [1.29, 1.82) is 0 Å². The van der Waals surface area contributed by atoms with E-state index < -0.39 is 5.41 Å². The summed E-state index contributed by atoms with van der Waals surface area (Å²) >= 11 is 0. The van der Waals surface area contributed by atoms with Crippen LogP contribution in [-0.2, 0) is 14.9 Å². The van der Waals surface area contributed by atoms with Gasteiger partial charge in [0.05, 0.1) is 19.1 Å². The minimum absolute atomic E-state index is 0.0161. The molecule has 0 atom stereocenters. The van der Waals surface area contributed by atoms with E-state index in [0.717, 1.165) is 0 Å². The van der Waals surface area contributed by atoms with E-state index in [4.69, 9.17) is 9.47 Å². The van der Waals surface area contributed by atoms with Crippen LogP contribution >= 0.6 is 0 Å². The predicted octanol–water partition coefficient (Wildman–Crippen LogP) is 2.24. The summed E-state index contributed by atoms with van der Waals surface area (Å²) < 4.78 is 10.2. The molecule has 0 heterocycles. The summed E-state index contributed by atoms with van der Waals surface area (Å²) in [6, 6.07) is 4.94. The van der Waals surface area contributed by atoms with Gasteiger partial charge in [0, 0.05) is 5.56 Å². The van der Waals surface area contributed by atoms with Gasteiger partial charge in [-0.3, -0.25) is 4.79 Å². The van der Waals surface area contributed by atoms with Crippen molar-refractivity contribution in [3.8, 4) is 11.5 Å². The molecule has 0 unspecified atom stereocenters. The molecule has 94 valence electrons. The van der Waals surface area contributed by atoms with Crippen LogP contribution in [-0.4, -0.2) is 24.8 Å². The molecule has 17 heavy (non-hydrogen) atoms. The molecule has 0 aliphatic heterocycles. The monoisotopic (exact) mass is 238 g/mol. The number of esters is 1. The molecule has 1 N–H and O–H groups in total. The Morgan fingerprint density at radius 2 is 2.06 bits per heavy atom. The average Bonchev–Trinajstić information content (AvgIpc) is 2.29. The lowest BCUT2D eigenvalue weighted by Crippen LogP contribution is -2.31. The van der Waals surface area contributed by atoms with Crippen molar-refractivity contribution < 1.29 is 19.4 Å². The van der Waals surface area contributed by atoms with E-state index in [2.05, 4.69) is 0 Å². The van der Waals surface area contributed by atoms with Crippen LogP contribution in [0.4, 0.5) is 0 Å². The molecule has 0 amide bonds. The first kappa shape index (κ1) is 13.4. The van der Waals surface area contributed by atoms with E-state index in [9.17, 15) is 9.90 Å². The zero-order valence-corrected chi connectivity index (χ0v) is 10.6. The lowest BCUT2D eigenvalue weighted by molar-refractivity contribution is -0.148. The lowest BCUT2D eigenvalue weighted by Gasteiger charge is -2.25. The number of para-hydroxylation sites is 1. The van der Waals surface area contributed by atoms with Gasteiger partial charge in [0.1, 0.15) is 0 Å². The van der Waals surface area contributed by atoms with Crippen LogP contribution in [0.3, 0.4) is 0 Å². The quantitative estimate of drug-likeness (QED) is 0.817. The molecule has 0 saturated heterocycles. The number of carbonyl (C=O) groups is 1. The van der Waals surface area contributed by atoms with Gasteiger partial charge < -0.3 is 14.6 Å². The molecule has 0 radical (unpaired) electrons. The van der Waals surface area contributed by atoms with Gasteiger partial charge in [0.15, 0.2) is 11.5 Å². The van der Waals surface area contributed by atoms with Crippen LogP contribution in [0.5, 0.6) is 11.5 Å². The summed E-state index contributed by atoms with van der Waals surface area (Å²) in [6.07, 6.45) is 0. The number of methoxy groups -OCH3 is 1. The Balaban J connectivity index is 3.23. The van der Waals surface area contributed by atoms with Crippen LogP contribution in [0.1, 0.15) is 26.3 Å². The second-order valence-electron chi connectivity index (χ2n) is 4.20. The zero-order chi connectivity index (χ0) is 13.1. The van der Waals surface area contributed by atoms with Gasteiger partial charge in [0.25, 0.3) is 0 Å². The molecule has 1 aromatic rings. The first-order chi connectivity index (χ1) is 7.95. The van der Waals surface area contributed by atoms with Crippen LogP contribution in [0.15, 0.2) is 18.2 Å². The standard InChI is InChI=1S/C13H18O4/c1-5-17-12(15)13(2,3)9-7-6-8-10(14)11(9)16-4/h6-8,14H,5H2,1-4H3. The predicted molar refractivity (Wildman–Crippen MR) is 64.3 cm³/mol. The second kappa shape index (κ2) is 5.08. The number of ether oxygens (including phenoxy) is 2. The van der Waals surface area contributed by atoms with Gasteiger partial charge in [0.2, 0.25) is 0 Å². The SMILES string of the molecule is CCOC(=O)C(C)(C)c1cccc(O)c1OC. The number of carbonyl (C=O) groups excluding carboxylic acids is 1. The molecular weight excluding hydrogens is 220 g/mol. The molecule has 0 spiro atoms. The van der Waals surface area contributed by atoms with E-state index in [1.807, 2.05) is 0 Å². The average molecular weight is 238 g/mol. The van der Waals surface area contributed by atoms with Crippen molar-refractivity contribution in [2.24, 2.45) is 0 Å². The Labute approximate surface area is 101 Å². The third-order valence-corrected chi connectivity index (χ3v) is 2.66. The fourth-order valence-corrected chi connectivity index (χ4v) is 1.65. The smallest absolute Gasteiger partial charge is 0.316 e. The molecule has 0 aliphatic rings. The topological polar surface area (TPSA) is 55.8 Å². The van der Waals surface area contributed by atoms with Crippen molar-refractivity contribution >= 4 is 5.97 Å². The molecule has 0 bridgehead atoms. The van der Waals surface area contributed by atoms with Crippen molar-refractivity contribution in [1.82, 2.24) is 0 Å². The van der Waals surface area contributed by atoms with Crippen molar-refractivity contribution in [2.45, 2.75) is 26.2 Å². The van der Waals surface area contributed by atoms with Crippen LogP contribution in [0.25, 0.3) is 0 Å². The fourth-order valence-electron chi connectivity index (χ4n) is 1.65. The summed E-state index contributed by atoms with van der Waals surface area (Å²) in [7, 11) is 1.46. The number of hydrogen-bond acceptors (Lipinski definition) is 4. The largest absolute Gasteiger partial charge is 0.504 e. The summed E-state index contributed by atoms with van der Waals surface area (Å²) in [6.45, 7) is 5.56. The first-order valence-corrected chi connectivity index (χ1v) is 5.48. The highest BCUT2D eigenvalue weighted by Gasteiger charge is 2.34. The molecule has 0 fully saturated rings. The Morgan fingerprint density at radius 1 is 1.41 bits per heavy atom. The summed E-state index contributed by atoms with van der Waals surface area (Å²) in [5, 5.41) is 9.69. The second-order valence-corrected chi connectivity index (χ2v) is 4.20. The van der Waals surface area contributed by atoms with Crippen molar-refractivity contribution in [2.75, 3.05) is 13.7 Å². The maximum atomic E-state index is 11.9. The van der Waals surface area contributed by atoms with Crippen molar-refractivity contribution in [3.05, 3.63) is 23.8 Å². The molecule has 0 aliphatic carbocycles. The number of aromatic hydroxyl groups is 1. The summed E-state index contributed by atoms with van der Waals surface area (Å²) in [5.74, 6) is -0.0168. The van der Waals surface area contributed by atoms with Gasteiger partial charge >= 0.3 is 5.97 Å². The van der Waals surface area contributed by atoms with Crippen LogP contribution in [0.2, 0.25) is 0 Å². The number of phenolic OH excluding ortho intramolecular Hbond substituents is 1. The van der Waals surface area contributed by atoms with Gasteiger partial charge in [-0.15, -0.1) is 0 Å². The van der Waals surface area contributed by atoms with Gasteiger partial charge in [-0.1, -0.05) is 12.1 Å². The fraction of sp³-hybridized carbons (Fsp3) is 0.462. The molecule has 4 nitrogen and oxygen atoms in total. The first-order valence-electron chi connectivity index (χ1n) is 5.48. The van der Waals surface area contributed by atoms with E-state index in [0.29, 0.717) is 17.9 Å². The Kier molecular flexibility index (Phi) is 3.99.